The van der Waals surface area contributed by atoms with Crippen molar-refractivity contribution in [2.75, 3.05) is 25.0 Å². The lowest BCUT2D eigenvalue weighted by Crippen LogP contribution is -2.47. The van der Waals surface area contributed by atoms with E-state index in [-0.39, 0.29) is 29.2 Å². The third kappa shape index (κ3) is 8.50. The van der Waals surface area contributed by atoms with Crippen molar-refractivity contribution in [3.05, 3.63) is 29.0 Å². The smallest absolute Gasteiger partial charge is 0.246 e. The predicted octanol–water partition coefficient (Wildman–Crippen LogP) is 3.54. The number of hydrogen-bond acceptors (Lipinski definition) is 4. The molecule has 29 heavy (non-hydrogen) atoms. The second kappa shape index (κ2) is 11.9. The van der Waals surface area contributed by atoms with Gasteiger partial charge in [-0.15, -0.1) is 0 Å². The maximum Gasteiger partial charge on any atom is 0.246 e. The lowest BCUT2D eigenvalue weighted by molar-refractivity contribution is -0.127. The fourth-order valence-electron chi connectivity index (χ4n) is 3.36. The van der Waals surface area contributed by atoms with Gasteiger partial charge in [-0.2, -0.15) is 0 Å². The lowest BCUT2D eigenvalue weighted by Gasteiger charge is -2.21. The molecule has 1 aromatic carbocycles. The van der Waals surface area contributed by atoms with E-state index in [2.05, 4.69) is 15.5 Å². The molecule has 1 aliphatic heterocycles. The van der Waals surface area contributed by atoms with Gasteiger partial charge in [-0.1, -0.05) is 24.4 Å². The number of benzene rings is 1. The van der Waals surface area contributed by atoms with Crippen LogP contribution in [0.4, 0.5) is 10.1 Å². The van der Waals surface area contributed by atoms with Crippen molar-refractivity contribution in [2.24, 2.45) is 0 Å². The molecule has 2 amide bonds. The lowest BCUT2D eigenvalue weighted by atomic mass is 10.1. The van der Waals surface area contributed by atoms with Gasteiger partial charge in [0.25, 0.3) is 0 Å². The average Bonchev–Trinajstić information content (AvgIpc) is 3.16. The number of rotatable bonds is 11. The van der Waals surface area contributed by atoms with E-state index in [1.54, 1.807) is 6.92 Å². The van der Waals surface area contributed by atoms with Crippen molar-refractivity contribution < 1.29 is 18.8 Å². The van der Waals surface area contributed by atoms with Gasteiger partial charge in [0.05, 0.1) is 11.6 Å². The number of unbranched alkanes of at least 4 members (excludes halogenated alkanes) is 2. The summed E-state index contributed by atoms with van der Waals surface area (Å²) in [5.74, 6) is -0.973. The Kier molecular flexibility index (Phi) is 9.54. The number of halogens is 2. The molecule has 0 aromatic heterocycles. The highest BCUT2D eigenvalue weighted by atomic mass is 35.5. The van der Waals surface area contributed by atoms with Gasteiger partial charge in [-0.3, -0.25) is 14.5 Å². The van der Waals surface area contributed by atoms with Gasteiger partial charge in [0.1, 0.15) is 17.6 Å². The summed E-state index contributed by atoms with van der Waals surface area (Å²) >= 11 is 5.77. The minimum Gasteiger partial charge on any atom is -0.343 e. The number of amides is 2. The van der Waals surface area contributed by atoms with Crippen LogP contribution in [0.25, 0.3) is 0 Å². The molecule has 2 N–H and O–H groups in total. The first-order chi connectivity index (χ1) is 13.8. The van der Waals surface area contributed by atoms with Gasteiger partial charge in [-0.05, 0) is 63.9 Å². The second-order valence-electron chi connectivity index (χ2n) is 7.52. The quantitative estimate of drug-likeness (QED) is 0.531. The first-order valence-electron chi connectivity index (χ1n) is 10.1. The molecule has 1 unspecified atom stereocenters. The Morgan fingerprint density at radius 3 is 2.55 bits per heavy atom. The number of anilines is 1. The molecule has 0 aliphatic carbocycles. The van der Waals surface area contributed by atoms with E-state index in [4.69, 9.17) is 11.6 Å². The van der Waals surface area contributed by atoms with Crippen LogP contribution in [0.1, 0.15) is 51.9 Å². The molecule has 0 saturated carbocycles. The highest BCUT2D eigenvalue weighted by molar-refractivity contribution is 6.31. The van der Waals surface area contributed by atoms with Crippen LogP contribution in [0.15, 0.2) is 18.2 Å². The van der Waals surface area contributed by atoms with E-state index in [1.165, 1.54) is 18.2 Å². The summed E-state index contributed by atoms with van der Waals surface area (Å²) in [6.07, 6.45) is 5.42. The van der Waals surface area contributed by atoms with Crippen LogP contribution in [-0.4, -0.2) is 48.2 Å². The Hall–Kier alpha value is -1.99. The first kappa shape index (κ1) is 23.3. The number of hydrogen-bond donors (Lipinski definition) is 2. The molecule has 1 fully saturated rings. The van der Waals surface area contributed by atoms with Crippen molar-refractivity contribution in [3.8, 4) is 0 Å². The molecule has 160 valence electrons. The van der Waals surface area contributed by atoms with Crippen LogP contribution >= 0.6 is 11.6 Å². The number of carbonyl (C=O) groups is 3. The molecular formula is C21H29ClFN3O3. The maximum absolute atomic E-state index is 13.3. The molecule has 0 spiro atoms. The summed E-state index contributed by atoms with van der Waals surface area (Å²) in [4.78, 5) is 38.2. The number of nitrogens with one attached hydrogen (secondary N) is 2. The van der Waals surface area contributed by atoms with E-state index in [0.29, 0.717) is 24.9 Å². The SMILES string of the molecule is CC(=O)CCCCCC(NC(=O)CN1CCCC1)C(=O)Nc1ccc(F)c(Cl)c1. The van der Waals surface area contributed by atoms with E-state index in [9.17, 15) is 18.8 Å². The van der Waals surface area contributed by atoms with Gasteiger partial charge in [0.2, 0.25) is 11.8 Å². The highest BCUT2D eigenvalue weighted by Crippen LogP contribution is 2.20. The largest absolute Gasteiger partial charge is 0.343 e. The summed E-state index contributed by atoms with van der Waals surface area (Å²) in [5.41, 5.74) is 0.372. The number of likely N-dealkylation sites (tertiary alicyclic amines) is 1. The van der Waals surface area contributed by atoms with Crippen molar-refractivity contribution >= 4 is 34.9 Å². The first-order valence-corrected chi connectivity index (χ1v) is 10.5. The second-order valence-corrected chi connectivity index (χ2v) is 7.93. The fraction of sp³-hybridized carbons (Fsp3) is 0.571. The molecule has 1 atom stereocenters. The topological polar surface area (TPSA) is 78.5 Å². The molecule has 8 heteroatoms. The van der Waals surface area contributed by atoms with Gasteiger partial charge in [0, 0.05) is 12.1 Å². The fourth-order valence-corrected chi connectivity index (χ4v) is 3.54. The molecule has 0 radical (unpaired) electrons. The molecule has 1 aliphatic rings. The Bertz CT molecular complexity index is 723. The van der Waals surface area contributed by atoms with E-state index < -0.39 is 11.9 Å². The third-order valence-corrected chi connectivity index (χ3v) is 5.22. The zero-order chi connectivity index (χ0) is 21.2. The van der Waals surface area contributed by atoms with Crippen LogP contribution in [0.3, 0.4) is 0 Å². The monoisotopic (exact) mass is 425 g/mol. The molecule has 1 saturated heterocycles. The molecule has 0 bridgehead atoms. The van der Waals surface area contributed by atoms with E-state index in [1.807, 2.05) is 0 Å². The molecule has 1 aromatic rings. The molecular weight excluding hydrogens is 397 g/mol. The number of nitrogens with zero attached hydrogens (tertiary/aromatic N) is 1. The van der Waals surface area contributed by atoms with Crippen LogP contribution < -0.4 is 10.6 Å². The maximum atomic E-state index is 13.3. The van der Waals surface area contributed by atoms with Crippen molar-refractivity contribution in [3.63, 3.8) is 0 Å². The normalized spacial score (nSPS) is 15.1. The number of Topliss-reactive ketones (excluding diaryl/α,β-unsaturated/α-hetero) is 1. The summed E-state index contributed by atoms with van der Waals surface area (Å²) < 4.78 is 13.3. The van der Waals surface area contributed by atoms with Crippen molar-refractivity contribution in [1.82, 2.24) is 10.2 Å². The molecule has 1 heterocycles. The summed E-state index contributed by atoms with van der Waals surface area (Å²) in [6.45, 7) is 3.62. The van der Waals surface area contributed by atoms with Crippen LogP contribution in [0, 0.1) is 5.82 Å². The van der Waals surface area contributed by atoms with Gasteiger partial charge < -0.3 is 15.4 Å². The van der Waals surface area contributed by atoms with Gasteiger partial charge >= 0.3 is 0 Å². The Labute approximate surface area is 176 Å². The highest BCUT2D eigenvalue weighted by Gasteiger charge is 2.23. The van der Waals surface area contributed by atoms with E-state index in [0.717, 1.165) is 38.8 Å². The van der Waals surface area contributed by atoms with Crippen molar-refractivity contribution in [2.45, 2.75) is 57.9 Å². The Morgan fingerprint density at radius 2 is 1.90 bits per heavy atom. The number of carbonyl (C=O) groups excluding carboxylic acids is 3. The van der Waals surface area contributed by atoms with Crippen LogP contribution in [-0.2, 0) is 14.4 Å². The van der Waals surface area contributed by atoms with Gasteiger partial charge in [0.15, 0.2) is 0 Å². The molecule has 6 nitrogen and oxygen atoms in total. The van der Waals surface area contributed by atoms with Gasteiger partial charge in [-0.25, -0.2) is 4.39 Å². The minimum atomic E-state index is -0.703. The average molecular weight is 426 g/mol. The predicted molar refractivity (Wildman–Crippen MR) is 111 cm³/mol. The zero-order valence-corrected chi connectivity index (χ0v) is 17.6. The number of ketones is 1. The Morgan fingerprint density at radius 1 is 1.17 bits per heavy atom. The van der Waals surface area contributed by atoms with Crippen LogP contribution in [0.2, 0.25) is 5.02 Å². The van der Waals surface area contributed by atoms with Crippen molar-refractivity contribution in [1.29, 1.82) is 0 Å². The minimum absolute atomic E-state index is 0.0818. The Balaban J connectivity index is 1.93. The zero-order valence-electron chi connectivity index (χ0n) is 16.8. The summed E-state index contributed by atoms with van der Waals surface area (Å²) in [7, 11) is 0. The summed E-state index contributed by atoms with van der Waals surface area (Å²) in [5, 5.41) is 5.44. The third-order valence-electron chi connectivity index (χ3n) is 4.93. The molecule has 2 rings (SSSR count). The van der Waals surface area contributed by atoms with E-state index >= 15 is 0 Å². The van der Waals surface area contributed by atoms with Crippen LogP contribution in [0.5, 0.6) is 0 Å². The summed E-state index contributed by atoms with van der Waals surface area (Å²) in [6, 6.07) is 3.24. The standard InChI is InChI=1S/C21H29ClFN3O3/c1-15(27)7-3-2-4-8-19(25-20(28)14-26-11-5-6-12-26)21(29)24-16-9-10-18(23)17(22)13-16/h9-10,13,19H,2-8,11-12,14H2,1H3,(H,24,29)(H,25,28).